The molecule has 5 nitrogen and oxygen atoms in total. The molecule has 1 saturated carbocycles. The number of nitrogens with zero attached hydrogens (tertiary/aromatic N) is 1. The zero-order chi connectivity index (χ0) is 14.5. The summed E-state index contributed by atoms with van der Waals surface area (Å²) in [6, 6.07) is 2.87. The Morgan fingerprint density at radius 3 is 2.95 bits per heavy atom. The van der Waals surface area contributed by atoms with Gasteiger partial charge in [-0.3, -0.25) is 9.69 Å². The Hall–Kier alpha value is -1.11. The number of aliphatic carboxylic acids is 1. The molecule has 1 aromatic rings. The van der Waals surface area contributed by atoms with Gasteiger partial charge < -0.3 is 15.2 Å². The molecule has 112 valence electrons. The molecule has 1 aliphatic carbocycles. The molecule has 1 fully saturated rings. The molecule has 0 spiro atoms. The summed E-state index contributed by atoms with van der Waals surface area (Å²) in [5.74, 6) is 0.200. The zero-order valence-electron chi connectivity index (χ0n) is 12.0. The van der Waals surface area contributed by atoms with Gasteiger partial charge in [0.1, 0.15) is 5.75 Å². The lowest BCUT2D eigenvalue weighted by atomic mass is 9.85. The van der Waals surface area contributed by atoms with Crippen LogP contribution >= 0.6 is 11.3 Å². The van der Waals surface area contributed by atoms with Crippen molar-refractivity contribution in [2.75, 3.05) is 20.2 Å². The van der Waals surface area contributed by atoms with Gasteiger partial charge in [-0.25, -0.2) is 0 Å². The fraction of sp³-hybridized carbons (Fsp3) is 0.643. The van der Waals surface area contributed by atoms with Crippen molar-refractivity contribution >= 4 is 17.3 Å². The van der Waals surface area contributed by atoms with E-state index in [-0.39, 0.29) is 6.54 Å². The van der Waals surface area contributed by atoms with Crippen LogP contribution in [-0.2, 0) is 11.3 Å². The van der Waals surface area contributed by atoms with Crippen molar-refractivity contribution in [3.05, 3.63) is 16.3 Å². The maximum absolute atomic E-state index is 10.8. The molecule has 0 unspecified atom stereocenters. The third-order valence-corrected chi connectivity index (χ3v) is 4.75. The summed E-state index contributed by atoms with van der Waals surface area (Å²) >= 11 is 1.70. The third kappa shape index (κ3) is 3.71. The summed E-state index contributed by atoms with van der Waals surface area (Å²) < 4.78 is 5.29. The van der Waals surface area contributed by atoms with Crippen molar-refractivity contribution < 1.29 is 14.6 Å². The number of carbonyl (C=O) groups is 1. The first-order valence-electron chi connectivity index (χ1n) is 6.93. The minimum Gasteiger partial charge on any atom is -0.496 e. The van der Waals surface area contributed by atoms with Gasteiger partial charge in [-0.2, -0.15) is 0 Å². The summed E-state index contributed by atoms with van der Waals surface area (Å²) in [5.41, 5.74) is 0. The molecule has 0 amide bonds. The molecule has 0 saturated heterocycles. The molecule has 0 radical (unpaired) electrons. The summed E-state index contributed by atoms with van der Waals surface area (Å²) in [4.78, 5) is 14.0. The van der Waals surface area contributed by atoms with Crippen molar-refractivity contribution in [2.24, 2.45) is 0 Å². The Bertz CT molecular complexity index is 443. The van der Waals surface area contributed by atoms with Crippen molar-refractivity contribution in [1.29, 1.82) is 0 Å². The molecule has 1 heterocycles. The molecular formula is C14H22N2O3S. The number of hydrogen-bond donors (Lipinski definition) is 2. The minimum absolute atomic E-state index is 0.145. The Morgan fingerprint density at radius 2 is 2.35 bits per heavy atom. The lowest BCUT2D eigenvalue weighted by Gasteiger charge is -2.42. The monoisotopic (exact) mass is 298 g/mol. The molecular weight excluding hydrogens is 276 g/mol. The highest BCUT2D eigenvalue weighted by Gasteiger charge is 2.33. The number of rotatable bonds is 8. The number of thiophene rings is 1. The number of nitrogens with one attached hydrogen (secondary N) is 1. The number of methoxy groups -OCH3 is 1. The standard InChI is InChI=1S/C14H22N2O3S/c1-3-16(9-14(17)18)11-6-10(7-11)15-8-13-12(19-2)4-5-20-13/h4-5,10-11,15H,3,6-9H2,1-2H3,(H,17,18). The van der Waals surface area contributed by atoms with Crippen LogP contribution in [0.2, 0.25) is 0 Å². The quantitative estimate of drug-likeness (QED) is 0.766. The molecule has 0 aliphatic heterocycles. The third-order valence-electron chi connectivity index (χ3n) is 3.85. The van der Waals surface area contributed by atoms with Crippen LogP contribution in [0.15, 0.2) is 11.4 Å². The molecule has 2 rings (SSSR count). The van der Waals surface area contributed by atoms with Crippen LogP contribution in [0.4, 0.5) is 0 Å². The fourth-order valence-corrected chi connectivity index (χ4v) is 3.39. The summed E-state index contributed by atoms with van der Waals surface area (Å²) in [6.07, 6.45) is 2.05. The Morgan fingerprint density at radius 1 is 1.60 bits per heavy atom. The molecule has 0 aromatic carbocycles. The van der Waals surface area contributed by atoms with E-state index in [9.17, 15) is 4.79 Å². The fourth-order valence-electron chi connectivity index (χ4n) is 2.60. The highest BCUT2D eigenvalue weighted by atomic mass is 32.1. The summed E-state index contributed by atoms with van der Waals surface area (Å²) in [5, 5.41) is 14.4. The number of carboxylic acid groups (broad SMARTS) is 1. The zero-order valence-corrected chi connectivity index (χ0v) is 12.8. The predicted octanol–water partition coefficient (Wildman–Crippen LogP) is 1.78. The lowest BCUT2D eigenvalue weighted by molar-refractivity contribution is -0.139. The maximum atomic E-state index is 10.8. The molecule has 0 bridgehead atoms. The van der Waals surface area contributed by atoms with E-state index in [4.69, 9.17) is 9.84 Å². The van der Waals surface area contributed by atoms with Gasteiger partial charge in [-0.05, 0) is 30.8 Å². The number of hydrogen-bond acceptors (Lipinski definition) is 5. The van der Waals surface area contributed by atoms with Crippen molar-refractivity contribution in [2.45, 2.75) is 38.4 Å². The van der Waals surface area contributed by atoms with Crippen LogP contribution in [0.1, 0.15) is 24.6 Å². The second-order valence-electron chi connectivity index (χ2n) is 5.07. The topological polar surface area (TPSA) is 61.8 Å². The first kappa shape index (κ1) is 15.3. The summed E-state index contributed by atoms with van der Waals surface area (Å²) in [7, 11) is 1.69. The van der Waals surface area contributed by atoms with Crippen LogP contribution in [0.5, 0.6) is 5.75 Å². The van der Waals surface area contributed by atoms with Crippen LogP contribution in [-0.4, -0.2) is 48.3 Å². The smallest absolute Gasteiger partial charge is 0.317 e. The molecule has 20 heavy (non-hydrogen) atoms. The van der Waals surface area contributed by atoms with Gasteiger partial charge in [0.2, 0.25) is 0 Å². The Balaban J connectivity index is 1.72. The molecule has 1 aliphatic rings. The average molecular weight is 298 g/mol. The first-order chi connectivity index (χ1) is 9.63. The highest BCUT2D eigenvalue weighted by molar-refractivity contribution is 7.10. The van der Waals surface area contributed by atoms with Crippen LogP contribution < -0.4 is 10.1 Å². The Labute approximate surface area is 123 Å². The lowest BCUT2D eigenvalue weighted by Crippen LogP contribution is -2.53. The van der Waals surface area contributed by atoms with E-state index in [1.54, 1.807) is 18.4 Å². The average Bonchev–Trinajstić information content (AvgIpc) is 2.82. The molecule has 1 aromatic heterocycles. The van der Waals surface area contributed by atoms with Gasteiger partial charge >= 0.3 is 5.97 Å². The maximum Gasteiger partial charge on any atom is 0.317 e. The predicted molar refractivity (Wildman–Crippen MR) is 79.4 cm³/mol. The summed E-state index contributed by atoms with van der Waals surface area (Å²) in [6.45, 7) is 3.78. The van der Waals surface area contributed by atoms with Gasteiger partial charge in [-0.1, -0.05) is 6.92 Å². The number of carboxylic acids is 1. The normalized spacial score (nSPS) is 21.8. The molecule has 6 heteroatoms. The van der Waals surface area contributed by atoms with Crippen molar-refractivity contribution in [3.63, 3.8) is 0 Å². The van der Waals surface area contributed by atoms with E-state index in [1.165, 1.54) is 4.88 Å². The first-order valence-corrected chi connectivity index (χ1v) is 7.81. The van der Waals surface area contributed by atoms with Crippen LogP contribution in [0, 0.1) is 0 Å². The van der Waals surface area contributed by atoms with E-state index >= 15 is 0 Å². The van der Waals surface area contributed by atoms with E-state index in [2.05, 4.69) is 5.32 Å². The minimum atomic E-state index is -0.744. The molecule has 2 N–H and O–H groups in total. The van der Waals surface area contributed by atoms with Gasteiger partial charge in [0.15, 0.2) is 0 Å². The SMILES string of the molecule is CCN(CC(=O)O)C1CC(NCc2sccc2OC)C1. The number of ether oxygens (including phenoxy) is 1. The Kier molecular flexibility index (Phi) is 5.39. The van der Waals surface area contributed by atoms with E-state index in [0.29, 0.717) is 12.1 Å². The highest BCUT2D eigenvalue weighted by Crippen LogP contribution is 2.28. The number of likely N-dealkylation sites (N-methyl/N-ethyl adjacent to an activating group) is 1. The van der Waals surface area contributed by atoms with E-state index < -0.39 is 5.97 Å². The second-order valence-corrected chi connectivity index (χ2v) is 6.07. The van der Waals surface area contributed by atoms with E-state index in [0.717, 1.165) is 31.7 Å². The van der Waals surface area contributed by atoms with Gasteiger partial charge in [0.25, 0.3) is 0 Å². The van der Waals surface area contributed by atoms with E-state index in [1.807, 2.05) is 23.3 Å². The van der Waals surface area contributed by atoms with Gasteiger partial charge in [0.05, 0.1) is 18.5 Å². The van der Waals surface area contributed by atoms with Crippen LogP contribution in [0.25, 0.3) is 0 Å². The van der Waals surface area contributed by atoms with Crippen LogP contribution in [0.3, 0.4) is 0 Å². The molecule has 0 atom stereocenters. The van der Waals surface area contributed by atoms with Crippen molar-refractivity contribution in [3.8, 4) is 5.75 Å². The van der Waals surface area contributed by atoms with Gasteiger partial charge in [-0.15, -0.1) is 11.3 Å². The van der Waals surface area contributed by atoms with Crippen molar-refractivity contribution in [1.82, 2.24) is 10.2 Å². The second kappa shape index (κ2) is 7.06. The van der Waals surface area contributed by atoms with Gasteiger partial charge in [0, 0.05) is 18.6 Å². The largest absolute Gasteiger partial charge is 0.496 e.